The molecule has 0 aliphatic carbocycles. The van der Waals surface area contributed by atoms with Crippen LogP contribution in [-0.4, -0.2) is 29.9 Å². The first-order valence-electron chi connectivity index (χ1n) is 6.37. The molecule has 18 heavy (non-hydrogen) atoms. The normalized spacial score (nSPS) is 16.2. The predicted molar refractivity (Wildman–Crippen MR) is 72.5 cm³/mol. The summed E-state index contributed by atoms with van der Waals surface area (Å²) in [5.74, 6) is 1.37. The lowest BCUT2D eigenvalue weighted by Crippen LogP contribution is -2.39. The summed E-state index contributed by atoms with van der Waals surface area (Å²) in [6.45, 7) is 2.09. The summed E-state index contributed by atoms with van der Waals surface area (Å²) in [6.07, 6.45) is 3.74. The zero-order valence-corrected chi connectivity index (χ0v) is 10.6. The SMILES string of the molecule is COc1ccc2c(c1)nc(N)n2N1CCCCC1. The molecule has 0 saturated carbocycles. The topological polar surface area (TPSA) is 56.3 Å². The van der Waals surface area contributed by atoms with Gasteiger partial charge in [-0.15, -0.1) is 0 Å². The van der Waals surface area contributed by atoms with Crippen molar-refractivity contribution >= 4 is 17.0 Å². The van der Waals surface area contributed by atoms with E-state index in [1.807, 2.05) is 22.9 Å². The van der Waals surface area contributed by atoms with E-state index >= 15 is 0 Å². The lowest BCUT2D eigenvalue weighted by molar-refractivity contribution is 0.415. The molecule has 5 nitrogen and oxygen atoms in total. The van der Waals surface area contributed by atoms with E-state index in [9.17, 15) is 0 Å². The first kappa shape index (κ1) is 11.2. The second kappa shape index (κ2) is 4.40. The van der Waals surface area contributed by atoms with Gasteiger partial charge in [0.2, 0.25) is 5.95 Å². The van der Waals surface area contributed by atoms with Crippen LogP contribution in [0.1, 0.15) is 19.3 Å². The Labute approximate surface area is 106 Å². The second-order valence-electron chi connectivity index (χ2n) is 4.65. The van der Waals surface area contributed by atoms with Gasteiger partial charge in [-0.2, -0.15) is 0 Å². The molecule has 1 aromatic heterocycles. The molecule has 2 heterocycles. The van der Waals surface area contributed by atoms with Crippen molar-refractivity contribution in [3.63, 3.8) is 0 Å². The fourth-order valence-electron chi connectivity index (χ4n) is 2.57. The van der Waals surface area contributed by atoms with Crippen molar-refractivity contribution < 1.29 is 4.74 Å². The fourth-order valence-corrected chi connectivity index (χ4v) is 2.57. The smallest absolute Gasteiger partial charge is 0.220 e. The lowest BCUT2D eigenvalue weighted by Gasteiger charge is -2.30. The predicted octanol–water partition coefficient (Wildman–Crippen LogP) is 1.75. The molecule has 0 atom stereocenters. The summed E-state index contributed by atoms with van der Waals surface area (Å²) in [7, 11) is 1.66. The van der Waals surface area contributed by atoms with Crippen molar-refractivity contribution in [3.05, 3.63) is 18.2 Å². The molecule has 3 rings (SSSR count). The van der Waals surface area contributed by atoms with Crippen LogP contribution in [0.4, 0.5) is 5.95 Å². The van der Waals surface area contributed by atoms with Crippen LogP contribution in [-0.2, 0) is 0 Å². The Morgan fingerprint density at radius 2 is 2.00 bits per heavy atom. The summed E-state index contributed by atoms with van der Waals surface area (Å²) in [4.78, 5) is 4.42. The molecule has 1 aliphatic rings. The molecule has 2 aromatic rings. The van der Waals surface area contributed by atoms with Gasteiger partial charge in [-0.05, 0) is 31.4 Å². The van der Waals surface area contributed by atoms with Crippen LogP contribution in [0, 0.1) is 0 Å². The third-order valence-corrected chi connectivity index (χ3v) is 3.48. The quantitative estimate of drug-likeness (QED) is 0.877. The summed E-state index contributed by atoms with van der Waals surface area (Å²) < 4.78 is 7.25. The maximum Gasteiger partial charge on any atom is 0.220 e. The van der Waals surface area contributed by atoms with E-state index in [4.69, 9.17) is 10.5 Å². The van der Waals surface area contributed by atoms with Gasteiger partial charge in [-0.1, -0.05) is 0 Å². The van der Waals surface area contributed by atoms with E-state index < -0.39 is 0 Å². The number of piperidine rings is 1. The summed E-state index contributed by atoms with van der Waals surface area (Å²) >= 11 is 0. The molecule has 0 unspecified atom stereocenters. The van der Waals surface area contributed by atoms with Crippen molar-refractivity contribution in [1.82, 2.24) is 9.66 Å². The second-order valence-corrected chi connectivity index (χ2v) is 4.65. The number of imidazole rings is 1. The van der Waals surface area contributed by atoms with Crippen LogP contribution in [0.25, 0.3) is 11.0 Å². The van der Waals surface area contributed by atoms with E-state index in [1.54, 1.807) is 7.11 Å². The number of fused-ring (bicyclic) bond motifs is 1. The van der Waals surface area contributed by atoms with Crippen molar-refractivity contribution in [3.8, 4) is 5.75 Å². The minimum Gasteiger partial charge on any atom is -0.497 e. The van der Waals surface area contributed by atoms with Gasteiger partial charge >= 0.3 is 0 Å². The first-order valence-corrected chi connectivity index (χ1v) is 6.37. The molecule has 5 heteroatoms. The van der Waals surface area contributed by atoms with Crippen molar-refractivity contribution in [2.45, 2.75) is 19.3 Å². The Morgan fingerprint density at radius 3 is 2.72 bits per heavy atom. The highest BCUT2D eigenvalue weighted by molar-refractivity contribution is 5.80. The lowest BCUT2D eigenvalue weighted by atomic mass is 10.2. The van der Waals surface area contributed by atoms with Gasteiger partial charge in [-0.25, -0.2) is 9.66 Å². The van der Waals surface area contributed by atoms with Crippen LogP contribution in [0.5, 0.6) is 5.75 Å². The molecule has 1 saturated heterocycles. The fraction of sp³-hybridized carbons (Fsp3) is 0.462. The number of nitrogen functional groups attached to an aromatic ring is 1. The molecule has 0 spiro atoms. The Hall–Kier alpha value is -1.91. The van der Waals surface area contributed by atoms with E-state index in [2.05, 4.69) is 9.99 Å². The Morgan fingerprint density at radius 1 is 1.22 bits per heavy atom. The van der Waals surface area contributed by atoms with Crippen LogP contribution < -0.4 is 15.5 Å². The molecular formula is C13H18N4O. The average Bonchev–Trinajstić information content (AvgIpc) is 2.74. The zero-order valence-electron chi connectivity index (χ0n) is 10.6. The number of ether oxygens (including phenoxy) is 1. The summed E-state index contributed by atoms with van der Waals surface area (Å²) in [5, 5.41) is 2.28. The first-order chi connectivity index (χ1) is 8.79. The maximum absolute atomic E-state index is 6.05. The van der Waals surface area contributed by atoms with Gasteiger partial charge in [0.15, 0.2) is 0 Å². The molecular weight excluding hydrogens is 228 g/mol. The highest BCUT2D eigenvalue weighted by atomic mass is 16.5. The number of aromatic nitrogens is 2. The highest BCUT2D eigenvalue weighted by Gasteiger charge is 2.17. The highest BCUT2D eigenvalue weighted by Crippen LogP contribution is 2.24. The van der Waals surface area contributed by atoms with Gasteiger partial charge in [-0.3, -0.25) is 0 Å². The summed E-state index contributed by atoms with van der Waals surface area (Å²) in [5.41, 5.74) is 7.98. The van der Waals surface area contributed by atoms with E-state index in [0.29, 0.717) is 5.95 Å². The molecule has 0 radical (unpaired) electrons. The van der Waals surface area contributed by atoms with Crippen molar-refractivity contribution in [2.75, 3.05) is 30.9 Å². The van der Waals surface area contributed by atoms with Crippen LogP contribution in [0.2, 0.25) is 0 Å². The van der Waals surface area contributed by atoms with Gasteiger partial charge < -0.3 is 15.5 Å². The largest absolute Gasteiger partial charge is 0.497 e. The Bertz CT molecular complexity index is 557. The maximum atomic E-state index is 6.05. The van der Waals surface area contributed by atoms with Crippen LogP contribution in [0.15, 0.2) is 18.2 Å². The van der Waals surface area contributed by atoms with Gasteiger partial charge in [0.1, 0.15) is 5.75 Å². The molecule has 0 bridgehead atoms. The van der Waals surface area contributed by atoms with E-state index in [0.717, 1.165) is 29.9 Å². The third kappa shape index (κ3) is 1.75. The molecule has 0 amide bonds. The number of rotatable bonds is 2. The van der Waals surface area contributed by atoms with Crippen molar-refractivity contribution in [1.29, 1.82) is 0 Å². The number of hydrogen-bond donors (Lipinski definition) is 1. The third-order valence-electron chi connectivity index (χ3n) is 3.48. The van der Waals surface area contributed by atoms with Crippen LogP contribution >= 0.6 is 0 Å². The number of methoxy groups -OCH3 is 1. The minimum atomic E-state index is 0.556. The standard InChI is InChI=1S/C13H18N4O/c1-18-10-5-6-12-11(9-10)15-13(14)17(12)16-7-3-2-4-8-16/h5-6,9H,2-4,7-8H2,1H3,(H2,14,15). The van der Waals surface area contributed by atoms with Gasteiger partial charge in [0, 0.05) is 19.2 Å². The number of hydrogen-bond acceptors (Lipinski definition) is 4. The molecule has 1 fully saturated rings. The number of nitrogens with zero attached hydrogens (tertiary/aromatic N) is 3. The average molecular weight is 246 g/mol. The number of benzene rings is 1. The summed E-state index contributed by atoms with van der Waals surface area (Å²) in [6, 6.07) is 5.89. The molecule has 96 valence electrons. The molecule has 1 aromatic carbocycles. The zero-order chi connectivity index (χ0) is 12.5. The molecule has 1 aliphatic heterocycles. The Kier molecular flexibility index (Phi) is 2.74. The Balaban J connectivity index is 2.07. The monoisotopic (exact) mass is 246 g/mol. The minimum absolute atomic E-state index is 0.556. The number of anilines is 1. The van der Waals surface area contributed by atoms with Crippen LogP contribution in [0.3, 0.4) is 0 Å². The van der Waals surface area contributed by atoms with Gasteiger partial charge in [0.25, 0.3) is 0 Å². The number of nitrogens with two attached hydrogens (primary N) is 1. The van der Waals surface area contributed by atoms with Gasteiger partial charge in [0.05, 0.1) is 18.1 Å². The van der Waals surface area contributed by atoms with Crippen molar-refractivity contribution in [2.24, 2.45) is 0 Å². The molecule has 2 N–H and O–H groups in total. The van der Waals surface area contributed by atoms with E-state index in [1.165, 1.54) is 19.3 Å². The van der Waals surface area contributed by atoms with E-state index in [-0.39, 0.29) is 0 Å².